The minimum atomic E-state index is 0.684. The highest BCUT2D eigenvalue weighted by Gasteiger charge is 2.17. The summed E-state index contributed by atoms with van der Waals surface area (Å²) in [6.07, 6.45) is 6.15. The Morgan fingerprint density at radius 1 is 1.33 bits per heavy atom. The second-order valence-electron chi connectivity index (χ2n) is 6.35. The molecule has 0 amide bonds. The summed E-state index contributed by atoms with van der Waals surface area (Å²) in [7, 11) is 3.66. The SMILES string of the molecule is C=C1/C(=C\C(=C/CCC)C(N)=C(C)C(=NC)Nc2ccccc2)NNN1C. The lowest BCUT2D eigenvalue weighted by atomic mass is 10.0. The summed E-state index contributed by atoms with van der Waals surface area (Å²) in [5, 5.41) is 5.17. The molecule has 0 saturated carbocycles. The number of nitrogens with two attached hydrogens (primary N) is 1. The highest BCUT2D eigenvalue weighted by Crippen LogP contribution is 2.20. The predicted octanol–water partition coefficient (Wildman–Crippen LogP) is 3.44. The van der Waals surface area contributed by atoms with Gasteiger partial charge in [-0.1, -0.05) is 44.2 Å². The van der Waals surface area contributed by atoms with Crippen LogP contribution >= 0.6 is 0 Å². The van der Waals surface area contributed by atoms with Gasteiger partial charge in [0.25, 0.3) is 0 Å². The van der Waals surface area contributed by atoms with Crippen molar-refractivity contribution in [3.63, 3.8) is 0 Å². The van der Waals surface area contributed by atoms with Crippen molar-refractivity contribution < 1.29 is 0 Å². The van der Waals surface area contributed by atoms with Gasteiger partial charge in [0.1, 0.15) is 5.84 Å². The Labute approximate surface area is 162 Å². The number of hydrazine groups is 2. The van der Waals surface area contributed by atoms with Crippen molar-refractivity contribution in [2.45, 2.75) is 26.7 Å². The zero-order valence-corrected chi connectivity index (χ0v) is 16.6. The molecule has 2 rings (SSSR count). The molecule has 0 aromatic heterocycles. The van der Waals surface area contributed by atoms with Crippen LogP contribution in [-0.2, 0) is 0 Å². The zero-order chi connectivity index (χ0) is 19.8. The van der Waals surface area contributed by atoms with Gasteiger partial charge >= 0.3 is 0 Å². The Morgan fingerprint density at radius 3 is 2.59 bits per heavy atom. The summed E-state index contributed by atoms with van der Waals surface area (Å²) in [5.41, 5.74) is 17.9. The quantitative estimate of drug-likeness (QED) is 0.352. The first-order valence-electron chi connectivity index (χ1n) is 9.10. The third kappa shape index (κ3) is 5.24. The van der Waals surface area contributed by atoms with E-state index in [1.54, 1.807) is 7.05 Å². The van der Waals surface area contributed by atoms with Crippen LogP contribution in [0.25, 0.3) is 0 Å². The Kier molecular flexibility index (Phi) is 7.25. The number of unbranched alkanes of at least 4 members (excludes halogenated alkanes) is 1. The summed E-state index contributed by atoms with van der Waals surface area (Å²) in [5.74, 6) is 0.743. The number of likely N-dealkylation sites (N-methyl/N-ethyl adjacent to an activating group) is 1. The maximum Gasteiger partial charge on any atom is 0.130 e. The third-order valence-corrected chi connectivity index (χ3v) is 4.36. The molecule has 1 aromatic rings. The van der Waals surface area contributed by atoms with Crippen molar-refractivity contribution in [3.8, 4) is 0 Å². The van der Waals surface area contributed by atoms with Gasteiger partial charge in [-0.15, -0.1) is 5.53 Å². The van der Waals surface area contributed by atoms with Crippen molar-refractivity contribution in [2.75, 3.05) is 19.4 Å². The Bertz CT molecular complexity index is 786. The van der Waals surface area contributed by atoms with E-state index in [0.717, 1.165) is 46.9 Å². The smallest absolute Gasteiger partial charge is 0.130 e. The van der Waals surface area contributed by atoms with E-state index in [2.05, 4.69) is 40.8 Å². The molecule has 27 heavy (non-hydrogen) atoms. The maximum absolute atomic E-state index is 6.55. The van der Waals surface area contributed by atoms with Crippen molar-refractivity contribution in [2.24, 2.45) is 10.7 Å². The predicted molar refractivity (Wildman–Crippen MR) is 115 cm³/mol. The first kappa shape index (κ1) is 20.3. The van der Waals surface area contributed by atoms with Gasteiger partial charge in [0.15, 0.2) is 0 Å². The fourth-order valence-electron chi connectivity index (χ4n) is 2.61. The van der Waals surface area contributed by atoms with Crippen molar-refractivity contribution in [3.05, 3.63) is 77.3 Å². The first-order chi connectivity index (χ1) is 13.0. The number of hydrogen-bond donors (Lipinski definition) is 4. The number of nitrogens with zero attached hydrogens (tertiary/aromatic N) is 2. The van der Waals surface area contributed by atoms with Gasteiger partial charge in [0.05, 0.1) is 11.4 Å². The van der Waals surface area contributed by atoms with Gasteiger partial charge in [0, 0.05) is 31.1 Å². The summed E-state index contributed by atoms with van der Waals surface area (Å²) >= 11 is 0. The fraction of sp³-hybridized carbons (Fsp3) is 0.286. The van der Waals surface area contributed by atoms with Crippen LogP contribution in [0.1, 0.15) is 26.7 Å². The van der Waals surface area contributed by atoms with E-state index >= 15 is 0 Å². The molecule has 5 N–H and O–H groups in total. The number of nitrogens with one attached hydrogen (secondary N) is 3. The molecule has 1 saturated heterocycles. The molecule has 1 fully saturated rings. The van der Waals surface area contributed by atoms with E-state index in [-0.39, 0.29) is 0 Å². The largest absolute Gasteiger partial charge is 0.398 e. The van der Waals surface area contributed by atoms with Crippen LogP contribution in [0.4, 0.5) is 5.69 Å². The number of anilines is 1. The lowest BCUT2D eigenvalue weighted by Crippen LogP contribution is -2.31. The van der Waals surface area contributed by atoms with Gasteiger partial charge < -0.3 is 16.5 Å². The van der Waals surface area contributed by atoms with Crippen LogP contribution in [0.2, 0.25) is 0 Å². The van der Waals surface area contributed by atoms with Crippen molar-refractivity contribution in [1.29, 1.82) is 0 Å². The van der Waals surface area contributed by atoms with Gasteiger partial charge in [-0.25, -0.2) is 0 Å². The molecular weight excluding hydrogens is 336 g/mol. The minimum Gasteiger partial charge on any atom is -0.398 e. The second kappa shape index (κ2) is 9.64. The monoisotopic (exact) mass is 366 g/mol. The van der Waals surface area contributed by atoms with Gasteiger partial charge in [-0.2, -0.15) is 0 Å². The van der Waals surface area contributed by atoms with Crippen LogP contribution in [-0.4, -0.2) is 24.9 Å². The van der Waals surface area contributed by atoms with Gasteiger partial charge in [0.2, 0.25) is 0 Å². The average molecular weight is 367 g/mol. The number of para-hydroxylation sites is 1. The molecule has 0 bridgehead atoms. The molecule has 1 aliphatic rings. The summed E-state index contributed by atoms with van der Waals surface area (Å²) in [4.78, 5) is 4.39. The Hall–Kier alpha value is -2.99. The lowest BCUT2D eigenvalue weighted by Gasteiger charge is -2.14. The molecule has 0 atom stereocenters. The molecule has 1 aliphatic heterocycles. The molecule has 6 heteroatoms. The fourth-order valence-corrected chi connectivity index (χ4v) is 2.61. The third-order valence-electron chi connectivity index (χ3n) is 4.36. The Morgan fingerprint density at radius 2 is 2.04 bits per heavy atom. The molecule has 1 heterocycles. The zero-order valence-electron chi connectivity index (χ0n) is 16.6. The normalized spacial score (nSPS) is 17.9. The van der Waals surface area contributed by atoms with Crippen LogP contribution in [0.15, 0.2) is 82.3 Å². The molecular formula is C21H30N6. The number of amidine groups is 1. The number of hydrogen-bond acceptors (Lipinski definition) is 5. The summed E-state index contributed by atoms with van der Waals surface area (Å²) in [6, 6.07) is 9.94. The van der Waals surface area contributed by atoms with Crippen molar-refractivity contribution >= 4 is 11.5 Å². The molecule has 0 unspecified atom stereocenters. The summed E-state index contributed by atoms with van der Waals surface area (Å²) < 4.78 is 0. The number of rotatable bonds is 6. The standard InChI is InChI=1S/C21H30N6/c1-6-7-11-17(14-19-16(3)27(5)26-25-19)20(22)15(2)21(23-4)24-18-12-9-8-10-13-18/h8-14,25-26H,3,6-7,22H2,1-2,4-5H3,(H,23,24)/b17-11+,19-14+,20-15?. The maximum atomic E-state index is 6.55. The second-order valence-corrected chi connectivity index (χ2v) is 6.35. The van der Waals surface area contributed by atoms with E-state index in [0.29, 0.717) is 5.70 Å². The molecule has 6 nitrogen and oxygen atoms in total. The van der Waals surface area contributed by atoms with E-state index in [4.69, 9.17) is 5.73 Å². The van der Waals surface area contributed by atoms with Crippen LogP contribution in [0.5, 0.6) is 0 Å². The van der Waals surface area contributed by atoms with Gasteiger partial charge in [-0.05, 0) is 37.1 Å². The van der Waals surface area contributed by atoms with Crippen molar-refractivity contribution in [1.82, 2.24) is 16.0 Å². The number of benzene rings is 1. The molecule has 1 aromatic carbocycles. The Balaban J connectivity index is 2.35. The van der Waals surface area contributed by atoms with E-state index in [1.165, 1.54) is 0 Å². The molecule has 0 aliphatic carbocycles. The topological polar surface area (TPSA) is 77.7 Å². The number of aliphatic imine (C=N–C) groups is 1. The lowest BCUT2D eigenvalue weighted by molar-refractivity contribution is 0.327. The van der Waals surface area contributed by atoms with Crippen LogP contribution in [0.3, 0.4) is 0 Å². The van der Waals surface area contributed by atoms with E-state index < -0.39 is 0 Å². The number of allylic oxidation sites excluding steroid dienone is 2. The highest BCUT2D eigenvalue weighted by atomic mass is 15.7. The van der Waals surface area contributed by atoms with Crippen LogP contribution in [0, 0.1) is 0 Å². The molecule has 144 valence electrons. The highest BCUT2D eigenvalue weighted by molar-refractivity contribution is 6.08. The molecule has 0 spiro atoms. The van der Waals surface area contributed by atoms with E-state index in [9.17, 15) is 0 Å². The average Bonchev–Trinajstić information content (AvgIpc) is 3.01. The summed E-state index contributed by atoms with van der Waals surface area (Å²) in [6.45, 7) is 8.20. The van der Waals surface area contributed by atoms with E-state index in [1.807, 2.05) is 55.4 Å². The molecule has 0 radical (unpaired) electrons. The minimum absolute atomic E-state index is 0.684. The van der Waals surface area contributed by atoms with Gasteiger partial charge in [-0.3, -0.25) is 10.0 Å². The van der Waals surface area contributed by atoms with Crippen LogP contribution < -0.4 is 22.0 Å². The first-order valence-corrected chi connectivity index (χ1v) is 9.10.